The molecule has 3 nitrogen and oxygen atoms in total. The van der Waals surface area contributed by atoms with Gasteiger partial charge in [-0.05, 0) is 24.3 Å². The average Bonchev–Trinajstić information content (AvgIpc) is 2.42. The summed E-state index contributed by atoms with van der Waals surface area (Å²) in [5.41, 5.74) is 2.03. The quantitative estimate of drug-likeness (QED) is 0.671. The minimum atomic E-state index is 0.797. The Bertz CT molecular complexity index is 537. The molecular weight excluding hydrogens is 176 g/mol. The van der Waals surface area contributed by atoms with E-state index in [1.54, 1.807) is 6.21 Å². The molecule has 1 N–H and O–H groups in total. The van der Waals surface area contributed by atoms with Gasteiger partial charge in [-0.2, -0.15) is 0 Å². The zero-order chi connectivity index (χ0) is 9.38. The minimum Gasteiger partial charge on any atom is -0.354 e. The first-order chi connectivity index (χ1) is 6.95. The highest BCUT2D eigenvalue weighted by Crippen LogP contribution is 2.31. The maximum absolute atomic E-state index is 5.28. The molecule has 68 valence electrons. The molecule has 1 aromatic carbocycles. The van der Waals surface area contributed by atoms with Crippen LogP contribution in [-0.4, -0.2) is 11.2 Å². The predicted octanol–water partition coefficient (Wildman–Crippen LogP) is 2.56. The van der Waals surface area contributed by atoms with Crippen LogP contribution in [0.1, 0.15) is 5.69 Å². The Kier molecular flexibility index (Phi) is 1.44. The first-order valence-electron chi connectivity index (χ1n) is 4.43. The second kappa shape index (κ2) is 2.73. The molecular formula is C11H8N2O. The zero-order valence-electron chi connectivity index (χ0n) is 7.40. The fourth-order valence-electron chi connectivity index (χ4n) is 1.61. The van der Waals surface area contributed by atoms with Crippen LogP contribution in [0.4, 0.5) is 0 Å². The van der Waals surface area contributed by atoms with E-state index in [2.05, 4.69) is 10.1 Å². The molecule has 0 aliphatic carbocycles. The highest BCUT2D eigenvalue weighted by molar-refractivity contribution is 5.92. The highest BCUT2D eigenvalue weighted by Gasteiger charge is 2.11. The third-order valence-corrected chi connectivity index (χ3v) is 2.24. The van der Waals surface area contributed by atoms with E-state index in [0.29, 0.717) is 0 Å². The van der Waals surface area contributed by atoms with Crippen molar-refractivity contribution in [2.75, 3.05) is 0 Å². The third kappa shape index (κ3) is 0.956. The van der Waals surface area contributed by atoms with Gasteiger partial charge in [-0.15, -0.1) is 0 Å². The lowest BCUT2D eigenvalue weighted by Gasteiger charge is -1.94. The summed E-state index contributed by atoms with van der Waals surface area (Å²) < 4.78 is 0. The van der Waals surface area contributed by atoms with E-state index in [9.17, 15) is 0 Å². The van der Waals surface area contributed by atoms with Crippen LogP contribution in [0.5, 0.6) is 5.75 Å². The molecule has 0 spiro atoms. The van der Waals surface area contributed by atoms with E-state index >= 15 is 0 Å². The number of rotatable bonds is 0. The van der Waals surface area contributed by atoms with E-state index < -0.39 is 0 Å². The van der Waals surface area contributed by atoms with Gasteiger partial charge in [0.05, 0.1) is 11.9 Å². The van der Waals surface area contributed by atoms with Gasteiger partial charge in [0, 0.05) is 10.9 Å². The number of oxime groups is 1. The van der Waals surface area contributed by atoms with Crippen molar-refractivity contribution in [3.05, 3.63) is 36.0 Å². The molecule has 2 heterocycles. The summed E-state index contributed by atoms with van der Waals surface area (Å²) in [7, 11) is 0. The second-order valence-electron chi connectivity index (χ2n) is 3.12. The number of allylic oxidation sites excluding steroid dienone is 1. The molecule has 0 atom stereocenters. The smallest absolute Gasteiger partial charge is 0.190 e. The molecule has 0 unspecified atom stereocenters. The Morgan fingerprint density at radius 1 is 1.21 bits per heavy atom. The summed E-state index contributed by atoms with van der Waals surface area (Å²) in [6.07, 6.45) is 5.43. The topological polar surface area (TPSA) is 37.4 Å². The molecule has 0 bridgehead atoms. The number of para-hydroxylation sites is 1. The van der Waals surface area contributed by atoms with Crippen molar-refractivity contribution in [2.45, 2.75) is 0 Å². The summed E-state index contributed by atoms with van der Waals surface area (Å²) >= 11 is 0. The lowest BCUT2D eigenvalue weighted by atomic mass is 10.2. The van der Waals surface area contributed by atoms with Crippen molar-refractivity contribution in [3.8, 4) is 5.75 Å². The third-order valence-electron chi connectivity index (χ3n) is 2.24. The number of benzene rings is 1. The number of hydrogen-bond acceptors (Lipinski definition) is 2. The first kappa shape index (κ1) is 7.38. The van der Waals surface area contributed by atoms with Gasteiger partial charge in [0.2, 0.25) is 0 Å². The molecule has 3 heteroatoms. The van der Waals surface area contributed by atoms with Gasteiger partial charge < -0.3 is 9.82 Å². The molecule has 1 aliphatic heterocycles. The Morgan fingerprint density at radius 2 is 2.14 bits per heavy atom. The van der Waals surface area contributed by atoms with Gasteiger partial charge in [0.25, 0.3) is 0 Å². The number of nitrogens with one attached hydrogen (secondary N) is 1. The molecule has 14 heavy (non-hydrogen) atoms. The molecule has 0 radical (unpaired) electrons. The molecule has 0 saturated heterocycles. The number of aromatic nitrogens is 1. The number of fused-ring (bicyclic) bond motifs is 3. The maximum Gasteiger partial charge on any atom is 0.190 e. The molecule has 2 aromatic rings. The normalized spacial score (nSPS) is 13.7. The van der Waals surface area contributed by atoms with Gasteiger partial charge in [-0.1, -0.05) is 17.3 Å². The zero-order valence-corrected chi connectivity index (χ0v) is 7.40. The molecule has 0 saturated carbocycles. The van der Waals surface area contributed by atoms with Crippen LogP contribution in [-0.2, 0) is 0 Å². The Labute approximate surface area is 80.7 Å². The van der Waals surface area contributed by atoms with Crippen molar-refractivity contribution in [2.24, 2.45) is 5.16 Å². The summed E-state index contributed by atoms with van der Waals surface area (Å²) in [4.78, 5) is 8.54. The van der Waals surface area contributed by atoms with E-state index in [0.717, 1.165) is 22.3 Å². The molecule has 0 amide bonds. The van der Waals surface area contributed by atoms with Crippen LogP contribution in [0.25, 0.3) is 17.0 Å². The van der Waals surface area contributed by atoms with E-state index in [1.807, 2.05) is 36.4 Å². The average molecular weight is 184 g/mol. The monoisotopic (exact) mass is 184 g/mol. The summed E-state index contributed by atoms with van der Waals surface area (Å²) in [6.45, 7) is 0. The van der Waals surface area contributed by atoms with E-state index in [1.165, 1.54) is 0 Å². The number of aromatic amines is 1. The van der Waals surface area contributed by atoms with Crippen LogP contribution in [0.2, 0.25) is 0 Å². The number of hydrogen-bond donors (Lipinski definition) is 1. The van der Waals surface area contributed by atoms with Gasteiger partial charge in [0.1, 0.15) is 0 Å². The Balaban J connectivity index is 2.37. The number of H-pyrrole nitrogens is 1. The van der Waals surface area contributed by atoms with E-state index in [4.69, 9.17) is 4.84 Å². The molecule has 1 aromatic heterocycles. The lowest BCUT2D eigenvalue weighted by Crippen LogP contribution is -1.81. The Morgan fingerprint density at radius 3 is 3.14 bits per heavy atom. The van der Waals surface area contributed by atoms with Crippen LogP contribution in [0.3, 0.4) is 0 Å². The molecule has 0 fully saturated rings. The Hall–Kier alpha value is -2.03. The van der Waals surface area contributed by atoms with Crippen molar-refractivity contribution < 1.29 is 4.84 Å². The number of nitrogens with zero attached hydrogens (tertiary/aromatic N) is 1. The van der Waals surface area contributed by atoms with Gasteiger partial charge in [-0.3, -0.25) is 0 Å². The second-order valence-corrected chi connectivity index (χ2v) is 3.12. The van der Waals surface area contributed by atoms with Crippen LogP contribution < -0.4 is 4.84 Å². The largest absolute Gasteiger partial charge is 0.354 e. The fourth-order valence-corrected chi connectivity index (χ4v) is 1.61. The lowest BCUT2D eigenvalue weighted by molar-refractivity contribution is 0.348. The van der Waals surface area contributed by atoms with Crippen LogP contribution >= 0.6 is 0 Å². The summed E-state index contributed by atoms with van der Waals surface area (Å²) in [5, 5.41) is 4.86. The fraction of sp³-hybridized carbons (Fsp3) is 0. The van der Waals surface area contributed by atoms with Crippen LogP contribution in [0.15, 0.2) is 35.5 Å². The van der Waals surface area contributed by atoms with Crippen molar-refractivity contribution in [1.29, 1.82) is 0 Å². The summed E-state index contributed by atoms with van der Waals surface area (Å²) in [5.74, 6) is 0.797. The predicted molar refractivity (Wildman–Crippen MR) is 56.5 cm³/mol. The summed E-state index contributed by atoms with van der Waals surface area (Å²) in [6, 6.07) is 8.01. The highest BCUT2D eigenvalue weighted by atomic mass is 16.6. The van der Waals surface area contributed by atoms with Crippen molar-refractivity contribution in [3.63, 3.8) is 0 Å². The van der Waals surface area contributed by atoms with E-state index in [-0.39, 0.29) is 0 Å². The molecule has 3 rings (SSSR count). The van der Waals surface area contributed by atoms with Crippen molar-refractivity contribution in [1.82, 2.24) is 4.98 Å². The first-order valence-corrected chi connectivity index (χ1v) is 4.43. The van der Waals surface area contributed by atoms with Crippen LogP contribution in [0, 0.1) is 0 Å². The minimum absolute atomic E-state index is 0.797. The van der Waals surface area contributed by atoms with Gasteiger partial charge in [-0.25, -0.2) is 0 Å². The standard InChI is InChI=1S/C11H8N2O/c1-2-5-9-8(4-1)11-10(13-9)6-3-7-12-14-11/h1-7,13H. The van der Waals surface area contributed by atoms with Crippen molar-refractivity contribution >= 4 is 23.2 Å². The SMILES string of the molecule is C1=Cc2[nH]c3ccccc3c2ON=C1. The molecule has 1 aliphatic rings. The van der Waals surface area contributed by atoms with Gasteiger partial charge >= 0.3 is 0 Å². The van der Waals surface area contributed by atoms with Gasteiger partial charge in [0.15, 0.2) is 5.75 Å². The maximum atomic E-state index is 5.28.